The van der Waals surface area contributed by atoms with Crippen LogP contribution in [0.4, 0.5) is 4.39 Å². The van der Waals surface area contributed by atoms with Crippen molar-refractivity contribution in [2.75, 3.05) is 0 Å². The highest BCUT2D eigenvalue weighted by atomic mass is 79.9. The number of aryl methyl sites for hydroxylation is 1. The molecule has 0 aromatic carbocycles. The number of hydrogen-bond acceptors (Lipinski definition) is 3. The number of nitrogens with zero attached hydrogens (tertiary/aromatic N) is 1. The molecule has 0 aliphatic carbocycles. The molecule has 0 radical (unpaired) electrons. The van der Waals surface area contributed by atoms with Gasteiger partial charge in [0.05, 0.1) is 16.0 Å². The molecule has 16 heavy (non-hydrogen) atoms. The van der Waals surface area contributed by atoms with Crippen molar-refractivity contribution >= 4 is 27.3 Å². The minimum Gasteiger partial charge on any atom is -0.320 e. The number of aromatic nitrogens is 1. The molecule has 0 saturated carbocycles. The summed E-state index contributed by atoms with van der Waals surface area (Å²) in [4.78, 5) is 4.65. The zero-order valence-electron chi connectivity index (χ0n) is 8.58. The van der Waals surface area contributed by atoms with Crippen molar-refractivity contribution in [1.29, 1.82) is 0 Å². The van der Waals surface area contributed by atoms with Gasteiger partial charge in [0, 0.05) is 16.6 Å². The fourth-order valence-electron chi connectivity index (χ4n) is 1.43. The predicted molar refractivity (Wildman–Crippen MR) is 67.0 cm³/mol. The van der Waals surface area contributed by atoms with E-state index in [2.05, 4.69) is 20.9 Å². The van der Waals surface area contributed by atoms with Gasteiger partial charge >= 0.3 is 0 Å². The number of nitrogens with two attached hydrogens (primary N) is 1. The molecule has 2 aromatic heterocycles. The second kappa shape index (κ2) is 4.61. The highest BCUT2D eigenvalue weighted by molar-refractivity contribution is 9.11. The first-order valence-corrected chi connectivity index (χ1v) is 6.31. The number of thiophene rings is 1. The van der Waals surface area contributed by atoms with Gasteiger partial charge in [-0.3, -0.25) is 4.98 Å². The van der Waals surface area contributed by atoms with Crippen LogP contribution in [-0.2, 0) is 0 Å². The number of hydrogen-bond donors (Lipinski definition) is 1. The molecule has 2 rings (SSSR count). The topological polar surface area (TPSA) is 38.9 Å². The first-order valence-electron chi connectivity index (χ1n) is 4.70. The monoisotopic (exact) mass is 300 g/mol. The van der Waals surface area contributed by atoms with Gasteiger partial charge in [0.1, 0.15) is 5.82 Å². The van der Waals surface area contributed by atoms with E-state index >= 15 is 0 Å². The van der Waals surface area contributed by atoms with E-state index in [1.165, 1.54) is 17.5 Å². The van der Waals surface area contributed by atoms with Crippen LogP contribution < -0.4 is 5.73 Å². The molecule has 1 unspecified atom stereocenters. The van der Waals surface area contributed by atoms with Crippen LogP contribution in [-0.4, -0.2) is 4.98 Å². The van der Waals surface area contributed by atoms with Crippen LogP contribution in [0.2, 0.25) is 0 Å². The highest BCUT2D eigenvalue weighted by Gasteiger charge is 2.16. The van der Waals surface area contributed by atoms with E-state index in [9.17, 15) is 4.39 Å². The molecule has 5 heteroatoms. The van der Waals surface area contributed by atoms with Crippen LogP contribution in [0.1, 0.15) is 22.0 Å². The minimum absolute atomic E-state index is 0.364. The quantitative estimate of drug-likeness (QED) is 0.923. The van der Waals surface area contributed by atoms with Crippen LogP contribution in [0.3, 0.4) is 0 Å². The van der Waals surface area contributed by atoms with E-state index < -0.39 is 6.04 Å². The van der Waals surface area contributed by atoms with Gasteiger partial charge in [-0.15, -0.1) is 11.3 Å². The maximum atomic E-state index is 13.5. The van der Waals surface area contributed by atoms with E-state index in [4.69, 9.17) is 5.73 Å². The van der Waals surface area contributed by atoms with Gasteiger partial charge in [-0.25, -0.2) is 4.39 Å². The Labute approximate surface area is 105 Å². The molecule has 2 heterocycles. The van der Waals surface area contributed by atoms with Crippen LogP contribution >= 0.6 is 27.3 Å². The fourth-order valence-corrected chi connectivity index (χ4v) is 3.02. The highest BCUT2D eigenvalue weighted by Crippen LogP contribution is 2.33. The Kier molecular flexibility index (Phi) is 3.37. The van der Waals surface area contributed by atoms with Crippen molar-refractivity contribution in [3.8, 4) is 0 Å². The summed E-state index contributed by atoms with van der Waals surface area (Å²) in [6, 6.07) is 3.15. The van der Waals surface area contributed by atoms with Crippen molar-refractivity contribution < 1.29 is 4.39 Å². The lowest BCUT2D eigenvalue weighted by Crippen LogP contribution is -2.12. The van der Waals surface area contributed by atoms with Crippen molar-refractivity contribution in [2.45, 2.75) is 13.0 Å². The minimum atomic E-state index is -0.432. The molecular formula is C11H10BrFN2S. The van der Waals surface area contributed by atoms with Gasteiger partial charge in [0.2, 0.25) is 0 Å². The second-order valence-corrected chi connectivity index (χ2v) is 5.88. The Morgan fingerprint density at radius 1 is 1.56 bits per heavy atom. The molecule has 2 aromatic rings. The van der Waals surface area contributed by atoms with Crippen LogP contribution in [0.15, 0.2) is 28.3 Å². The van der Waals surface area contributed by atoms with Crippen LogP contribution in [0, 0.1) is 12.7 Å². The standard InChI is InChI=1S/C11H10BrFN2S/c1-6-4-9(16-11(6)12)10(14)7-2-3-15-5-8(7)13/h2-5,10H,14H2,1H3. The molecule has 0 aliphatic heterocycles. The summed E-state index contributed by atoms with van der Waals surface area (Å²) in [7, 11) is 0. The molecule has 2 N–H and O–H groups in total. The fraction of sp³-hybridized carbons (Fsp3) is 0.182. The molecule has 84 valence electrons. The lowest BCUT2D eigenvalue weighted by Gasteiger charge is -2.10. The molecule has 2 nitrogen and oxygen atoms in total. The van der Waals surface area contributed by atoms with E-state index in [0.717, 1.165) is 14.2 Å². The molecule has 0 spiro atoms. The molecule has 1 atom stereocenters. The summed E-state index contributed by atoms with van der Waals surface area (Å²) in [5.74, 6) is -0.364. The Hall–Kier alpha value is -0.780. The smallest absolute Gasteiger partial charge is 0.146 e. The van der Waals surface area contributed by atoms with Crippen molar-refractivity contribution in [1.82, 2.24) is 4.98 Å². The Balaban J connectivity index is 2.39. The molecule has 0 fully saturated rings. The van der Waals surface area contributed by atoms with E-state index in [1.807, 2.05) is 13.0 Å². The third-order valence-corrected chi connectivity index (χ3v) is 4.54. The average molecular weight is 301 g/mol. The van der Waals surface area contributed by atoms with Crippen LogP contribution in [0.5, 0.6) is 0 Å². The lowest BCUT2D eigenvalue weighted by molar-refractivity contribution is 0.594. The van der Waals surface area contributed by atoms with Crippen LogP contribution in [0.25, 0.3) is 0 Å². The predicted octanol–water partition coefficient (Wildman–Crippen LogP) is 3.40. The normalized spacial score (nSPS) is 12.8. The maximum Gasteiger partial charge on any atom is 0.146 e. The Bertz CT molecular complexity index is 493. The summed E-state index contributed by atoms with van der Waals surface area (Å²) in [6.45, 7) is 1.99. The molecule has 0 saturated heterocycles. The van der Waals surface area contributed by atoms with Crippen molar-refractivity contribution in [2.24, 2.45) is 5.73 Å². The largest absolute Gasteiger partial charge is 0.320 e. The average Bonchev–Trinajstić information content (AvgIpc) is 2.59. The third kappa shape index (κ3) is 2.16. The van der Waals surface area contributed by atoms with Gasteiger partial charge < -0.3 is 5.73 Å². The Morgan fingerprint density at radius 3 is 2.88 bits per heavy atom. The maximum absolute atomic E-state index is 13.5. The number of halogens is 2. The van der Waals surface area contributed by atoms with E-state index in [-0.39, 0.29) is 5.82 Å². The first-order chi connectivity index (χ1) is 7.59. The summed E-state index contributed by atoms with van der Waals surface area (Å²) in [6.07, 6.45) is 2.73. The summed E-state index contributed by atoms with van der Waals surface area (Å²) in [5.41, 5.74) is 7.61. The molecule has 0 aliphatic rings. The van der Waals surface area contributed by atoms with Gasteiger partial charge in [-0.1, -0.05) is 0 Å². The molecule has 0 bridgehead atoms. The van der Waals surface area contributed by atoms with Gasteiger partial charge in [0.15, 0.2) is 0 Å². The summed E-state index contributed by atoms with van der Waals surface area (Å²) >= 11 is 4.96. The van der Waals surface area contributed by atoms with Crippen molar-refractivity contribution in [3.05, 3.63) is 50.1 Å². The molecule has 0 amide bonds. The second-order valence-electron chi connectivity index (χ2n) is 3.48. The van der Waals surface area contributed by atoms with Crippen molar-refractivity contribution in [3.63, 3.8) is 0 Å². The Morgan fingerprint density at radius 2 is 2.31 bits per heavy atom. The first kappa shape index (κ1) is 11.7. The zero-order valence-corrected chi connectivity index (χ0v) is 11.0. The van der Waals surface area contributed by atoms with Gasteiger partial charge in [-0.2, -0.15) is 0 Å². The number of rotatable bonds is 2. The summed E-state index contributed by atoms with van der Waals surface area (Å²) in [5, 5.41) is 0. The number of pyridine rings is 1. The lowest BCUT2D eigenvalue weighted by atomic mass is 10.1. The zero-order chi connectivity index (χ0) is 11.7. The summed E-state index contributed by atoms with van der Waals surface area (Å²) < 4.78 is 14.5. The van der Waals surface area contributed by atoms with E-state index in [1.54, 1.807) is 12.3 Å². The van der Waals surface area contributed by atoms with Gasteiger partial charge in [-0.05, 0) is 40.5 Å². The molecular weight excluding hydrogens is 291 g/mol. The SMILES string of the molecule is Cc1cc(C(N)c2ccncc2F)sc1Br. The van der Waals surface area contributed by atoms with Gasteiger partial charge in [0.25, 0.3) is 0 Å². The van der Waals surface area contributed by atoms with E-state index in [0.29, 0.717) is 5.56 Å². The third-order valence-electron chi connectivity index (χ3n) is 2.32.